The molecule has 2 rings (SSSR count). The van der Waals surface area contributed by atoms with Gasteiger partial charge in [-0.05, 0) is 31.7 Å². The van der Waals surface area contributed by atoms with Gasteiger partial charge in [-0.15, -0.1) is 11.3 Å². The van der Waals surface area contributed by atoms with E-state index in [2.05, 4.69) is 59.3 Å². The molecule has 1 atom stereocenters. The van der Waals surface area contributed by atoms with Crippen LogP contribution in [0.1, 0.15) is 37.3 Å². The Morgan fingerprint density at radius 3 is 3.00 bits per heavy atom. The molecule has 0 saturated heterocycles. The van der Waals surface area contributed by atoms with Crippen LogP contribution in [0.2, 0.25) is 0 Å². The molecule has 0 aliphatic heterocycles. The first-order chi connectivity index (χ1) is 9.19. The van der Waals surface area contributed by atoms with Gasteiger partial charge in [-0.3, -0.25) is 0 Å². The third-order valence-electron chi connectivity index (χ3n) is 3.11. The summed E-state index contributed by atoms with van der Waals surface area (Å²) in [5.74, 6) is 1.01. The zero-order chi connectivity index (χ0) is 13.7. The molecule has 1 N–H and O–H groups in total. The number of imidazole rings is 1. The van der Waals surface area contributed by atoms with E-state index in [0.717, 1.165) is 24.6 Å². The van der Waals surface area contributed by atoms with Crippen LogP contribution in [0.15, 0.2) is 23.7 Å². The molecule has 0 bridgehead atoms. The fraction of sp³-hybridized carbons (Fsp3) is 0.533. The SMILES string of the molecule is CCCCn1cc(C)nc1NC(C)Cc1cccs1. The average Bonchev–Trinajstić information content (AvgIpc) is 2.97. The van der Waals surface area contributed by atoms with E-state index in [0.29, 0.717) is 6.04 Å². The van der Waals surface area contributed by atoms with Gasteiger partial charge >= 0.3 is 0 Å². The Hall–Kier alpha value is -1.29. The van der Waals surface area contributed by atoms with Crippen LogP contribution in [0.4, 0.5) is 5.95 Å². The molecule has 2 aromatic rings. The van der Waals surface area contributed by atoms with E-state index in [9.17, 15) is 0 Å². The van der Waals surface area contributed by atoms with Crippen LogP contribution < -0.4 is 5.32 Å². The second kappa shape index (κ2) is 6.75. The van der Waals surface area contributed by atoms with Crippen molar-refractivity contribution in [3.8, 4) is 0 Å². The number of hydrogen-bond acceptors (Lipinski definition) is 3. The fourth-order valence-electron chi connectivity index (χ4n) is 2.16. The number of hydrogen-bond donors (Lipinski definition) is 1. The second-order valence-electron chi connectivity index (χ2n) is 5.08. The average molecular weight is 277 g/mol. The van der Waals surface area contributed by atoms with Gasteiger partial charge in [-0.25, -0.2) is 4.98 Å². The predicted molar refractivity (Wildman–Crippen MR) is 83.0 cm³/mol. The van der Waals surface area contributed by atoms with Gasteiger partial charge in [0.15, 0.2) is 0 Å². The normalized spacial score (nSPS) is 12.6. The molecule has 0 amide bonds. The van der Waals surface area contributed by atoms with Gasteiger partial charge in [0.05, 0.1) is 5.69 Å². The van der Waals surface area contributed by atoms with Crippen LogP contribution in [-0.4, -0.2) is 15.6 Å². The summed E-state index contributed by atoms with van der Waals surface area (Å²) < 4.78 is 2.24. The molecule has 104 valence electrons. The molecule has 4 heteroatoms. The molecular formula is C15H23N3S. The summed E-state index contributed by atoms with van der Waals surface area (Å²) in [5, 5.41) is 5.67. The highest BCUT2D eigenvalue weighted by atomic mass is 32.1. The van der Waals surface area contributed by atoms with E-state index in [1.165, 1.54) is 17.7 Å². The Bertz CT molecular complexity index is 487. The molecule has 0 aliphatic rings. The predicted octanol–water partition coefficient (Wildman–Crippen LogP) is 4.10. The first kappa shape index (κ1) is 14.1. The number of anilines is 1. The Kier molecular flexibility index (Phi) is 5.02. The third kappa shape index (κ3) is 4.10. The summed E-state index contributed by atoms with van der Waals surface area (Å²) in [4.78, 5) is 6.01. The molecule has 0 spiro atoms. The summed E-state index contributed by atoms with van der Waals surface area (Å²) in [6.45, 7) is 7.53. The van der Waals surface area contributed by atoms with Crippen LogP contribution in [0.5, 0.6) is 0 Å². The van der Waals surface area contributed by atoms with Crippen molar-refractivity contribution in [3.05, 3.63) is 34.3 Å². The van der Waals surface area contributed by atoms with Crippen LogP contribution >= 0.6 is 11.3 Å². The first-order valence-corrected chi connectivity index (χ1v) is 7.89. The lowest BCUT2D eigenvalue weighted by Crippen LogP contribution is -2.20. The number of aryl methyl sites for hydroxylation is 2. The van der Waals surface area contributed by atoms with Gasteiger partial charge in [0.2, 0.25) is 5.95 Å². The van der Waals surface area contributed by atoms with E-state index >= 15 is 0 Å². The highest BCUT2D eigenvalue weighted by molar-refractivity contribution is 7.09. The molecule has 0 saturated carbocycles. The molecule has 0 radical (unpaired) electrons. The standard InChI is InChI=1S/C15H23N3S/c1-4-5-8-18-11-13(3)17-15(18)16-12(2)10-14-7-6-9-19-14/h6-7,9,11-12H,4-5,8,10H2,1-3H3,(H,16,17). The second-order valence-corrected chi connectivity index (χ2v) is 6.11. The van der Waals surface area contributed by atoms with E-state index in [1.54, 1.807) is 0 Å². The number of aromatic nitrogens is 2. The summed E-state index contributed by atoms with van der Waals surface area (Å²) in [6, 6.07) is 4.71. The fourth-order valence-corrected chi connectivity index (χ4v) is 3.00. The summed E-state index contributed by atoms with van der Waals surface area (Å²) >= 11 is 1.82. The molecule has 3 nitrogen and oxygen atoms in total. The number of nitrogens with one attached hydrogen (secondary N) is 1. The number of unbranched alkanes of at least 4 members (excludes halogenated alkanes) is 1. The highest BCUT2D eigenvalue weighted by Crippen LogP contribution is 2.15. The van der Waals surface area contributed by atoms with Crippen molar-refractivity contribution in [3.63, 3.8) is 0 Å². The number of thiophene rings is 1. The molecule has 0 aromatic carbocycles. The first-order valence-electron chi connectivity index (χ1n) is 7.01. The Morgan fingerprint density at radius 1 is 1.47 bits per heavy atom. The van der Waals surface area contributed by atoms with Gasteiger partial charge in [-0.2, -0.15) is 0 Å². The topological polar surface area (TPSA) is 29.9 Å². The van der Waals surface area contributed by atoms with Gasteiger partial charge in [0.1, 0.15) is 0 Å². The zero-order valence-corrected chi connectivity index (χ0v) is 12.8. The number of rotatable bonds is 7. The monoisotopic (exact) mass is 277 g/mol. The lowest BCUT2D eigenvalue weighted by molar-refractivity contribution is 0.628. The van der Waals surface area contributed by atoms with Gasteiger partial charge < -0.3 is 9.88 Å². The molecule has 19 heavy (non-hydrogen) atoms. The largest absolute Gasteiger partial charge is 0.353 e. The zero-order valence-electron chi connectivity index (χ0n) is 12.0. The smallest absolute Gasteiger partial charge is 0.203 e. The molecule has 0 aliphatic carbocycles. The maximum absolute atomic E-state index is 4.59. The summed E-state index contributed by atoms with van der Waals surface area (Å²) in [5.41, 5.74) is 1.09. The molecule has 0 fully saturated rings. The molecule has 1 unspecified atom stereocenters. The van der Waals surface area contributed by atoms with Crippen molar-refractivity contribution in [2.75, 3.05) is 5.32 Å². The molecular weight excluding hydrogens is 254 g/mol. The Labute approximate surface area is 119 Å². The Balaban J connectivity index is 1.97. The summed E-state index contributed by atoms with van der Waals surface area (Å²) in [6.07, 6.45) is 5.60. The maximum Gasteiger partial charge on any atom is 0.203 e. The molecule has 2 heterocycles. The van der Waals surface area contributed by atoms with Crippen LogP contribution in [0.25, 0.3) is 0 Å². The Morgan fingerprint density at radius 2 is 2.32 bits per heavy atom. The van der Waals surface area contributed by atoms with E-state index in [4.69, 9.17) is 0 Å². The minimum Gasteiger partial charge on any atom is -0.353 e. The quantitative estimate of drug-likeness (QED) is 0.826. The van der Waals surface area contributed by atoms with Gasteiger partial charge in [0, 0.05) is 30.1 Å². The minimum atomic E-state index is 0.404. The van der Waals surface area contributed by atoms with Crippen LogP contribution in [0.3, 0.4) is 0 Å². The van der Waals surface area contributed by atoms with Crippen molar-refractivity contribution in [2.24, 2.45) is 0 Å². The van der Waals surface area contributed by atoms with Crippen molar-refractivity contribution in [1.29, 1.82) is 0 Å². The highest BCUT2D eigenvalue weighted by Gasteiger charge is 2.10. The number of nitrogens with zero attached hydrogens (tertiary/aromatic N) is 2. The lowest BCUT2D eigenvalue weighted by Gasteiger charge is -2.15. The lowest BCUT2D eigenvalue weighted by atomic mass is 10.2. The van der Waals surface area contributed by atoms with E-state index in [-0.39, 0.29) is 0 Å². The van der Waals surface area contributed by atoms with Crippen molar-refractivity contribution in [2.45, 2.75) is 52.6 Å². The maximum atomic E-state index is 4.59. The van der Waals surface area contributed by atoms with E-state index in [1.807, 2.05) is 11.3 Å². The van der Waals surface area contributed by atoms with Gasteiger partial charge in [-0.1, -0.05) is 19.4 Å². The summed E-state index contributed by atoms with van der Waals surface area (Å²) in [7, 11) is 0. The molecule has 2 aromatic heterocycles. The van der Waals surface area contributed by atoms with Crippen LogP contribution in [0, 0.1) is 6.92 Å². The minimum absolute atomic E-state index is 0.404. The van der Waals surface area contributed by atoms with Crippen LogP contribution in [-0.2, 0) is 13.0 Å². The van der Waals surface area contributed by atoms with Crippen molar-refractivity contribution < 1.29 is 0 Å². The van der Waals surface area contributed by atoms with E-state index < -0.39 is 0 Å². The third-order valence-corrected chi connectivity index (χ3v) is 4.01. The van der Waals surface area contributed by atoms with Crippen molar-refractivity contribution in [1.82, 2.24) is 9.55 Å². The van der Waals surface area contributed by atoms with Crippen molar-refractivity contribution >= 4 is 17.3 Å². The van der Waals surface area contributed by atoms with Gasteiger partial charge in [0.25, 0.3) is 0 Å².